The van der Waals surface area contributed by atoms with Gasteiger partial charge in [-0.3, -0.25) is 9.59 Å². The van der Waals surface area contributed by atoms with Gasteiger partial charge in [-0.25, -0.2) is 4.98 Å². The fraction of sp³-hybridized carbons (Fsp3) is 0.375. The minimum atomic E-state index is -4.82. The van der Waals surface area contributed by atoms with Crippen LogP contribution in [-0.4, -0.2) is 27.3 Å². The minimum absolute atomic E-state index is 0.0748. The molecule has 2 aliphatic rings. The second-order valence-electron chi connectivity index (χ2n) is 8.88. The first kappa shape index (κ1) is 23.7. The molecular formula is C24H20F5N3O2S. The van der Waals surface area contributed by atoms with Gasteiger partial charge in [0, 0.05) is 17.0 Å². The maximum atomic E-state index is 15.0. The molecular weight excluding hydrogens is 489 g/mol. The van der Waals surface area contributed by atoms with E-state index in [-0.39, 0.29) is 23.6 Å². The van der Waals surface area contributed by atoms with E-state index in [0.29, 0.717) is 30.4 Å². The summed E-state index contributed by atoms with van der Waals surface area (Å²) in [6, 6.07) is 6.49. The fourth-order valence-corrected chi connectivity index (χ4v) is 5.50. The van der Waals surface area contributed by atoms with E-state index in [1.165, 1.54) is 0 Å². The van der Waals surface area contributed by atoms with E-state index in [0.717, 1.165) is 34.8 Å². The smallest absolute Gasteiger partial charge is 0.333 e. The maximum Gasteiger partial charge on any atom is 0.416 e. The number of carbonyl (C=O) groups is 1. The monoisotopic (exact) mass is 509 g/mol. The van der Waals surface area contributed by atoms with Gasteiger partial charge in [0.25, 0.3) is 11.5 Å². The topological polar surface area (TPSA) is 66.1 Å². The van der Waals surface area contributed by atoms with E-state index in [9.17, 15) is 22.8 Å². The summed E-state index contributed by atoms with van der Waals surface area (Å²) in [7, 11) is 0. The zero-order valence-corrected chi connectivity index (χ0v) is 19.1. The Hall–Kier alpha value is -3.08. The summed E-state index contributed by atoms with van der Waals surface area (Å²) in [6.07, 6.45) is -2.54. The number of halogens is 5. The van der Waals surface area contributed by atoms with Crippen molar-refractivity contribution in [1.82, 2.24) is 14.9 Å². The van der Waals surface area contributed by atoms with Gasteiger partial charge >= 0.3 is 12.1 Å². The van der Waals surface area contributed by atoms with Crippen molar-refractivity contribution in [2.24, 2.45) is 0 Å². The number of aryl methyl sites for hydroxylation is 1. The van der Waals surface area contributed by atoms with Crippen molar-refractivity contribution in [3.63, 3.8) is 0 Å². The Kier molecular flexibility index (Phi) is 5.58. The molecule has 0 spiro atoms. The number of nitrogens with zero attached hydrogens (tertiary/aromatic N) is 2. The summed E-state index contributed by atoms with van der Waals surface area (Å²) < 4.78 is 69.1. The Labute approximate surface area is 200 Å². The molecule has 1 aromatic carbocycles. The second-order valence-corrected chi connectivity index (χ2v) is 9.83. The number of carbonyl (C=O) groups excluding carboxylic acids is 1. The molecule has 0 radical (unpaired) electrons. The Bertz CT molecular complexity index is 1330. The third-order valence-corrected chi connectivity index (χ3v) is 7.67. The van der Waals surface area contributed by atoms with Crippen molar-refractivity contribution in [1.29, 1.82) is 0 Å². The third-order valence-electron chi connectivity index (χ3n) is 6.60. The van der Waals surface area contributed by atoms with Crippen molar-refractivity contribution in [2.45, 2.75) is 49.7 Å². The number of aromatic amines is 1. The van der Waals surface area contributed by atoms with E-state index in [1.54, 1.807) is 11.3 Å². The number of fused-ring (bicyclic) bond motifs is 1. The molecule has 5 rings (SSSR count). The van der Waals surface area contributed by atoms with Crippen molar-refractivity contribution in [2.75, 3.05) is 6.54 Å². The largest absolute Gasteiger partial charge is 0.416 e. The fourth-order valence-electron chi connectivity index (χ4n) is 4.51. The third kappa shape index (κ3) is 4.15. The average molecular weight is 510 g/mol. The number of amides is 1. The van der Waals surface area contributed by atoms with Crippen LogP contribution in [0.4, 0.5) is 22.0 Å². The van der Waals surface area contributed by atoms with Gasteiger partial charge in [-0.2, -0.15) is 22.0 Å². The molecule has 0 saturated heterocycles. The van der Waals surface area contributed by atoms with Crippen LogP contribution in [0.1, 0.15) is 52.3 Å². The molecule has 3 aromatic rings. The maximum absolute atomic E-state index is 15.0. The first-order valence-corrected chi connectivity index (χ1v) is 11.9. The van der Waals surface area contributed by atoms with E-state index in [1.807, 2.05) is 17.5 Å². The zero-order valence-electron chi connectivity index (χ0n) is 18.3. The van der Waals surface area contributed by atoms with Crippen LogP contribution in [0.15, 0.2) is 46.6 Å². The van der Waals surface area contributed by atoms with Gasteiger partial charge in [0.2, 0.25) is 0 Å². The summed E-state index contributed by atoms with van der Waals surface area (Å²) in [4.78, 5) is 35.2. The van der Waals surface area contributed by atoms with Crippen LogP contribution in [0.3, 0.4) is 0 Å². The number of hydrogen-bond donors (Lipinski definition) is 1. The Balaban J connectivity index is 1.44. The van der Waals surface area contributed by atoms with Crippen LogP contribution in [0.5, 0.6) is 0 Å². The first-order valence-electron chi connectivity index (χ1n) is 11.0. The number of nitrogens with one attached hydrogen (secondary N) is 1. The molecule has 5 nitrogen and oxygen atoms in total. The number of alkyl halides is 5. The average Bonchev–Trinajstić information content (AvgIpc) is 3.50. The molecule has 1 fully saturated rings. The highest BCUT2D eigenvalue weighted by atomic mass is 32.1. The van der Waals surface area contributed by atoms with Gasteiger partial charge in [-0.1, -0.05) is 18.2 Å². The van der Waals surface area contributed by atoms with Gasteiger partial charge in [0.15, 0.2) is 0 Å². The number of rotatable bonds is 4. The number of hydrogen-bond acceptors (Lipinski definition) is 4. The predicted molar refractivity (Wildman–Crippen MR) is 118 cm³/mol. The van der Waals surface area contributed by atoms with Gasteiger partial charge in [-0.05, 0) is 49.3 Å². The standard InChI is InChI=1S/C24H20F5N3O2S/c25-23(26,14-4-1-5-15(12-14)24(27,28)29)21(34)32-10-2-6-17-16(13-32)19(33)31-20(30-17)22(8-9-22)18-7-3-11-35-18/h1,3-5,7,11-12H,2,6,8-10,13H2,(H,30,31,33). The quantitative estimate of drug-likeness (QED) is 0.504. The normalized spacial score (nSPS) is 17.6. The molecule has 0 atom stereocenters. The van der Waals surface area contributed by atoms with Crippen molar-refractivity contribution >= 4 is 17.2 Å². The van der Waals surface area contributed by atoms with Crippen LogP contribution in [0.25, 0.3) is 0 Å². The summed E-state index contributed by atoms with van der Waals surface area (Å²) in [5.74, 6) is -5.30. The van der Waals surface area contributed by atoms with Gasteiger partial charge < -0.3 is 9.88 Å². The SMILES string of the molecule is O=C(N1CCCc2nc(C3(c4cccs4)CC3)[nH]c(=O)c2C1)C(F)(F)c1cccc(C(F)(F)F)c1. The van der Waals surface area contributed by atoms with E-state index >= 15 is 8.78 Å². The highest BCUT2D eigenvalue weighted by molar-refractivity contribution is 7.10. The molecule has 1 N–H and O–H groups in total. The second kappa shape index (κ2) is 8.25. The van der Waals surface area contributed by atoms with E-state index in [4.69, 9.17) is 0 Å². The lowest BCUT2D eigenvalue weighted by Gasteiger charge is -2.26. The molecule has 0 bridgehead atoms. The molecule has 2 aromatic heterocycles. The highest BCUT2D eigenvalue weighted by Gasteiger charge is 2.50. The molecule has 1 amide bonds. The molecule has 1 aliphatic carbocycles. The Morgan fingerprint density at radius 2 is 1.83 bits per heavy atom. The van der Waals surface area contributed by atoms with Crippen molar-refractivity contribution in [3.8, 4) is 0 Å². The molecule has 0 unspecified atom stereocenters. The van der Waals surface area contributed by atoms with Crippen molar-refractivity contribution < 1.29 is 26.7 Å². The van der Waals surface area contributed by atoms with Crippen LogP contribution in [0, 0.1) is 0 Å². The van der Waals surface area contributed by atoms with Crippen LogP contribution < -0.4 is 5.56 Å². The summed E-state index contributed by atoms with van der Waals surface area (Å²) >= 11 is 1.57. The molecule has 11 heteroatoms. The molecule has 1 aliphatic heterocycles. The Morgan fingerprint density at radius 3 is 2.49 bits per heavy atom. The van der Waals surface area contributed by atoms with Gasteiger partial charge in [0.1, 0.15) is 5.82 Å². The number of benzene rings is 1. The van der Waals surface area contributed by atoms with Crippen LogP contribution in [0.2, 0.25) is 0 Å². The molecule has 184 valence electrons. The Morgan fingerprint density at radius 1 is 1.09 bits per heavy atom. The summed E-state index contributed by atoms with van der Waals surface area (Å²) in [5.41, 5.74) is -2.56. The van der Waals surface area contributed by atoms with E-state index < -0.39 is 41.2 Å². The molecule has 1 saturated carbocycles. The minimum Gasteiger partial charge on any atom is -0.333 e. The number of H-pyrrole nitrogens is 1. The first-order chi connectivity index (χ1) is 16.5. The summed E-state index contributed by atoms with van der Waals surface area (Å²) in [6.45, 7) is -0.466. The molecule has 35 heavy (non-hydrogen) atoms. The number of aromatic nitrogens is 2. The van der Waals surface area contributed by atoms with Crippen LogP contribution in [-0.2, 0) is 35.3 Å². The van der Waals surface area contributed by atoms with Crippen molar-refractivity contribution in [3.05, 3.63) is 85.2 Å². The lowest BCUT2D eigenvalue weighted by molar-refractivity contribution is -0.160. The number of thiophene rings is 1. The summed E-state index contributed by atoms with van der Waals surface area (Å²) in [5, 5.41) is 1.95. The van der Waals surface area contributed by atoms with Gasteiger partial charge in [-0.15, -0.1) is 11.3 Å². The predicted octanol–water partition coefficient (Wildman–Crippen LogP) is 5.00. The highest BCUT2D eigenvalue weighted by Crippen LogP contribution is 2.53. The zero-order chi connectivity index (χ0) is 25.0. The lowest BCUT2D eigenvalue weighted by atomic mass is 10.0. The van der Waals surface area contributed by atoms with Crippen LogP contribution >= 0.6 is 11.3 Å². The van der Waals surface area contributed by atoms with Gasteiger partial charge in [0.05, 0.1) is 28.8 Å². The molecule has 3 heterocycles. The van der Waals surface area contributed by atoms with E-state index in [2.05, 4.69) is 9.97 Å². The lowest BCUT2D eigenvalue weighted by Crippen LogP contribution is -2.42.